The van der Waals surface area contributed by atoms with Gasteiger partial charge in [0.05, 0.1) is 5.60 Å². The number of pyridine rings is 1. The van der Waals surface area contributed by atoms with Crippen molar-refractivity contribution < 1.29 is 5.11 Å². The standard InChI is InChI=1S/C17H24N2O/c20-17(8-11-19-10-3-6-14(19)12-17)15-7-1-4-13-5-2-9-18-16(13)15/h2,5,9,14-15,20H,1,3-4,6-8,10-12H2. The van der Waals surface area contributed by atoms with Crippen molar-refractivity contribution in [3.63, 3.8) is 0 Å². The summed E-state index contributed by atoms with van der Waals surface area (Å²) in [7, 11) is 0. The highest BCUT2D eigenvalue weighted by molar-refractivity contribution is 5.29. The maximum Gasteiger partial charge on any atom is 0.0758 e. The van der Waals surface area contributed by atoms with Crippen LogP contribution in [0.5, 0.6) is 0 Å². The molecule has 0 bridgehead atoms. The highest BCUT2D eigenvalue weighted by Gasteiger charge is 2.46. The van der Waals surface area contributed by atoms with Crippen LogP contribution in [0.2, 0.25) is 0 Å². The van der Waals surface area contributed by atoms with Gasteiger partial charge in [0.15, 0.2) is 0 Å². The van der Waals surface area contributed by atoms with Crippen molar-refractivity contribution in [2.75, 3.05) is 13.1 Å². The first-order chi connectivity index (χ1) is 9.76. The summed E-state index contributed by atoms with van der Waals surface area (Å²) >= 11 is 0. The van der Waals surface area contributed by atoms with Gasteiger partial charge in [-0.25, -0.2) is 0 Å². The third-order valence-electron chi connectivity index (χ3n) is 5.76. The Morgan fingerprint density at radius 2 is 2.20 bits per heavy atom. The Morgan fingerprint density at radius 3 is 3.15 bits per heavy atom. The molecule has 0 aromatic carbocycles. The van der Waals surface area contributed by atoms with Gasteiger partial charge in [-0.15, -0.1) is 0 Å². The number of rotatable bonds is 1. The van der Waals surface area contributed by atoms with Crippen LogP contribution in [-0.2, 0) is 6.42 Å². The van der Waals surface area contributed by atoms with E-state index in [0.29, 0.717) is 6.04 Å². The maximum atomic E-state index is 11.3. The van der Waals surface area contributed by atoms with Crippen LogP contribution in [0, 0.1) is 0 Å². The van der Waals surface area contributed by atoms with Crippen LogP contribution in [0.25, 0.3) is 0 Å². The first-order valence-corrected chi connectivity index (χ1v) is 8.16. The number of nitrogens with zero attached hydrogens (tertiary/aromatic N) is 2. The van der Waals surface area contributed by atoms with Crippen LogP contribution in [-0.4, -0.2) is 39.7 Å². The van der Waals surface area contributed by atoms with Crippen molar-refractivity contribution in [2.45, 2.75) is 62.5 Å². The molecule has 1 aliphatic carbocycles. The molecule has 3 heteroatoms. The maximum absolute atomic E-state index is 11.3. The molecular weight excluding hydrogens is 248 g/mol. The predicted octanol–water partition coefficient (Wildman–Crippen LogP) is 2.49. The van der Waals surface area contributed by atoms with Gasteiger partial charge in [0.25, 0.3) is 0 Å². The van der Waals surface area contributed by atoms with E-state index in [2.05, 4.69) is 16.0 Å². The molecule has 1 N–H and O–H groups in total. The summed E-state index contributed by atoms with van der Waals surface area (Å²) in [5.41, 5.74) is 2.04. The Balaban J connectivity index is 1.64. The average Bonchev–Trinajstić information content (AvgIpc) is 2.93. The SMILES string of the molecule is OC1(C2CCCc3cccnc32)CCN2CCCC2C1. The van der Waals surface area contributed by atoms with Gasteiger partial charge in [-0.05, 0) is 63.1 Å². The summed E-state index contributed by atoms with van der Waals surface area (Å²) < 4.78 is 0. The monoisotopic (exact) mass is 272 g/mol. The second kappa shape index (κ2) is 4.81. The molecule has 1 aromatic heterocycles. The minimum absolute atomic E-state index is 0.259. The molecule has 2 saturated heterocycles. The van der Waals surface area contributed by atoms with E-state index in [1.54, 1.807) is 0 Å². The van der Waals surface area contributed by atoms with Crippen molar-refractivity contribution in [2.24, 2.45) is 0 Å². The van der Waals surface area contributed by atoms with Crippen LogP contribution >= 0.6 is 0 Å². The van der Waals surface area contributed by atoms with E-state index in [-0.39, 0.29) is 5.92 Å². The lowest BCUT2D eigenvalue weighted by atomic mass is 9.70. The molecule has 3 atom stereocenters. The Hall–Kier alpha value is -0.930. The van der Waals surface area contributed by atoms with Crippen LogP contribution in [0.4, 0.5) is 0 Å². The zero-order valence-corrected chi connectivity index (χ0v) is 12.1. The molecule has 2 fully saturated rings. The number of piperidine rings is 1. The Morgan fingerprint density at radius 1 is 1.25 bits per heavy atom. The van der Waals surface area contributed by atoms with Crippen LogP contribution < -0.4 is 0 Å². The summed E-state index contributed by atoms with van der Waals surface area (Å²) in [6, 6.07) is 4.84. The second-order valence-corrected chi connectivity index (χ2v) is 6.88. The first kappa shape index (κ1) is 12.8. The molecule has 3 nitrogen and oxygen atoms in total. The molecule has 20 heavy (non-hydrogen) atoms. The van der Waals surface area contributed by atoms with E-state index >= 15 is 0 Å². The van der Waals surface area contributed by atoms with Gasteiger partial charge in [0.1, 0.15) is 0 Å². The van der Waals surface area contributed by atoms with Crippen LogP contribution in [0.3, 0.4) is 0 Å². The first-order valence-electron chi connectivity index (χ1n) is 8.16. The molecule has 1 aromatic rings. The number of hydrogen-bond acceptors (Lipinski definition) is 3. The Kier molecular flexibility index (Phi) is 3.08. The largest absolute Gasteiger partial charge is 0.389 e. The lowest BCUT2D eigenvalue weighted by Crippen LogP contribution is -2.51. The van der Waals surface area contributed by atoms with Crippen molar-refractivity contribution in [3.8, 4) is 0 Å². The van der Waals surface area contributed by atoms with E-state index in [4.69, 9.17) is 0 Å². The highest BCUT2D eigenvalue weighted by Crippen LogP contribution is 2.45. The Labute approximate surface area is 121 Å². The van der Waals surface area contributed by atoms with E-state index in [1.165, 1.54) is 37.1 Å². The summed E-state index contributed by atoms with van der Waals surface area (Å²) in [6.07, 6.45) is 9.77. The molecule has 0 radical (unpaired) electrons. The van der Waals surface area contributed by atoms with Gasteiger partial charge in [0.2, 0.25) is 0 Å². The average molecular weight is 272 g/mol. The molecule has 3 aliphatic rings. The molecular formula is C17H24N2O. The van der Waals surface area contributed by atoms with Gasteiger partial charge >= 0.3 is 0 Å². The normalized spacial score (nSPS) is 37.5. The summed E-state index contributed by atoms with van der Waals surface area (Å²) in [4.78, 5) is 7.21. The molecule has 2 aliphatic heterocycles. The van der Waals surface area contributed by atoms with Crippen LogP contribution in [0.1, 0.15) is 55.7 Å². The van der Waals surface area contributed by atoms with Crippen molar-refractivity contribution >= 4 is 0 Å². The molecule has 4 rings (SSSR count). The fraction of sp³-hybridized carbons (Fsp3) is 0.706. The molecule has 3 unspecified atom stereocenters. The van der Waals surface area contributed by atoms with Crippen molar-refractivity contribution in [1.29, 1.82) is 0 Å². The molecule has 0 saturated carbocycles. The Bertz CT molecular complexity index is 504. The van der Waals surface area contributed by atoms with Gasteiger partial charge in [-0.1, -0.05) is 6.07 Å². The molecule has 0 amide bonds. The molecule has 3 heterocycles. The van der Waals surface area contributed by atoms with Crippen molar-refractivity contribution in [3.05, 3.63) is 29.6 Å². The van der Waals surface area contributed by atoms with E-state index < -0.39 is 5.60 Å². The van der Waals surface area contributed by atoms with Crippen LogP contribution in [0.15, 0.2) is 18.3 Å². The van der Waals surface area contributed by atoms with Gasteiger partial charge in [-0.3, -0.25) is 4.98 Å². The lowest BCUT2D eigenvalue weighted by molar-refractivity contribution is -0.0609. The summed E-state index contributed by atoms with van der Waals surface area (Å²) in [6.45, 7) is 2.31. The third-order valence-corrected chi connectivity index (χ3v) is 5.76. The zero-order valence-electron chi connectivity index (χ0n) is 12.1. The summed E-state index contributed by atoms with van der Waals surface area (Å²) in [5.74, 6) is 0.259. The van der Waals surface area contributed by atoms with Gasteiger partial charge in [0, 0.05) is 30.4 Å². The van der Waals surface area contributed by atoms with E-state index in [9.17, 15) is 5.11 Å². The second-order valence-electron chi connectivity index (χ2n) is 6.88. The highest BCUT2D eigenvalue weighted by atomic mass is 16.3. The minimum atomic E-state index is -0.519. The number of aliphatic hydroxyl groups is 1. The topological polar surface area (TPSA) is 36.4 Å². The quantitative estimate of drug-likeness (QED) is 0.853. The number of aromatic nitrogens is 1. The van der Waals surface area contributed by atoms with E-state index in [0.717, 1.165) is 32.2 Å². The predicted molar refractivity (Wildman–Crippen MR) is 78.7 cm³/mol. The molecule has 0 spiro atoms. The number of hydrogen-bond donors (Lipinski definition) is 1. The van der Waals surface area contributed by atoms with Gasteiger partial charge in [-0.2, -0.15) is 0 Å². The zero-order chi connectivity index (χ0) is 13.6. The minimum Gasteiger partial charge on any atom is -0.389 e. The fourth-order valence-electron chi connectivity index (χ4n) is 4.72. The number of fused-ring (bicyclic) bond motifs is 2. The third kappa shape index (κ3) is 1.99. The van der Waals surface area contributed by atoms with Crippen molar-refractivity contribution in [1.82, 2.24) is 9.88 Å². The number of aryl methyl sites for hydroxylation is 1. The summed E-state index contributed by atoms with van der Waals surface area (Å²) in [5, 5.41) is 11.3. The smallest absolute Gasteiger partial charge is 0.0758 e. The van der Waals surface area contributed by atoms with Gasteiger partial charge < -0.3 is 10.0 Å². The molecule has 108 valence electrons. The fourth-order valence-corrected chi connectivity index (χ4v) is 4.72. The lowest BCUT2D eigenvalue weighted by Gasteiger charge is -2.46. The van der Waals surface area contributed by atoms with E-state index in [1.807, 2.05) is 12.3 Å².